The van der Waals surface area contributed by atoms with Gasteiger partial charge in [0, 0.05) is 16.4 Å². The Hall–Kier alpha value is -2.87. The summed E-state index contributed by atoms with van der Waals surface area (Å²) in [5.41, 5.74) is 1.43. The van der Waals surface area contributed by atoms with E-state index in [-0.39, 0.29) is 12.3 Å². The van der Waals surface area contributed by atoms with Crippen LogP contribution in [0.15, 0.2) is 48.5 Å². The molecule has 0 aliphatic rings. The number of benzene rings is 2. The summed E-state index contributed by atoms with van der Waals surface area (Å²) in [5.74, 6) is -0.376. The van der Waals surface area contributed by atoms with Gasteiger partial charge in [0.1, 0.15) is 10.8 Å². The maximum Gasteiger partial charge on any atom is 0.416 e. The molecule has 0 spiro atoms. The van der Waals surface area contributed by atoms with Crippen molar-refractivity contribution in [2.75, 3.05) is 6.61 Å². The van der Waals surface area contributed by atoms with E-state index in [9.17, 15) is 18.0 Å². The van der Waals surface area contributed by atoms with Crippen molar-refractivity contribution in [2.24, 2.45) is 0 Å². The molecule has 3 aromatic rings. The fourth-order valence-electron chi connectivity index (χ4n) is 3.01. The van der Waals surface area contributed by atoms with E-state index >= 15 is 0 Å². The highest BCUT2D eigenvalue weighted by atomic mass is 32.1. The third kappa shape index (κ3) is 5.38. The Kier molecular flexibility index (Phi) is 6.45. The summed E-state index contributed by atoms with van der Waals surface area (Å²) in [4.78, 5) is 16.4. The topological polar surface area (TPSA) is 59.4 Å². The molecular formula is C22H20F3NO3S. The van der Waals surface area contributed by atoms with Crippen molar-refractivity contribution >= 4 is 17.3 Å². The predicted molar refractivity (Wildman–Crippen MR) is 109 cm³/mol. The molecule has 0 aliphatic carbocycles. The van der Waals surface area contributed by atoms with Crippen LogP contribution in [0.3, 0.4) is 0 Å². The fourth-order valence-corrected chi connectivity index (χ4v) is 4.05. The Morgan fingerprint density at radius 1 is 1.20 bits per heavy atom. The van der Waals surface area contributed by atoms with Crippen LogP contribution in [0.4, 0.5) is 13.2 Å². The number of aryl methyl sites for hydroxylation is 1. The van der Waals surface area contributed by atoms with Gasteiger partial charge in [-0.15, -0.1) is 11.3 Å². The maximum absolute atomic E-state index is 12.8. The number of carboxylic acid groups (broad SMARTS) is 1. The van der Waals surface area contributed by atoms with E-state index in [1.54, 1.807) is 24.3 Å². The number of hydrogen-bond acceptors (Lipinski definition) is 4. The van der Waals surface area contributed by atoms with Crippen LogP contribution in [-0.2, 0) is 17.4 Å². The van der Waals surface area contributed by atoms with Gasteiger partial charge in [-0.1, -0.05) is 31.2 Å². The van der Waals surface area contributed by atoms with Gasteiger partial charge in [-0.25, -0.2) is 4.98 Å². The zero-order valence-corrected chi connectivity index (χ0v) is 17.2. The molecule has 30 heavy (non-hydrogen) atoms. The van der Waals surface area contributed by atoms with E-state index in [0.717, 1.165) is 22.7 Å². The lowest BCUT2D eigenvalue weighted by atomic mass is 10.1. The second kappa shape index (κ2) is 8.87. The zero-order chi connectivity index (χ0) is 21.9. The average molecular weight is 435 g/mol. The first-order valence-electron chi connectivity index (χ1n) is 9.22. The van der Waals surface area contributed by atoms with Crippen molar-refractivity contribution in [3.63, 3.8) is 0 Å². The molecule has 0 unspecified atom stereocenters. The molecule has 0 bridgehead atoms. The zero-order valence-electron chi connectivity index (χ0n) is 16.4. The smallest absolute Gasteiger partial charge is 0.416 e. The summed E-state index contributed by atoms with van der Waals surface area (Å²) >= 11 is 1.43. The van der Waals surface area contributed by atoms with Crippen LogP contribution in [0.5, 0.6) is 5.75 Å². The number of hydrogen-bond donors (Lipinski definition) is 1. The summed E-state index contributed by atoms with van der Waals surface area (Å²) in [5, 5.41) is 9.56. The van der Waals surface area contributed by atoms with Gasteiger partial charge in [0.2, 0.25) is 0 Å². The second-order valence-electron chi connectivity index (χ2n) is 6.97. The van der Waals surface area contributed by atoms with Gasteiger partial charge in [0.25, 0.3) is 0 Å². The van der Waals surface area contributed by atoms with Crippen molar-refractivity contribution in [1.82, 2.24) is 4.98 Å². The molecule has 3 rings (SSSR count). The van der Waals surface area contributed by atoms with E-state index in [1.165, 1.54) is 23.5 Å². The number of thiazole rings is 1. The summed E-state index contributed by atoms with van der Waals surface area (Å²) in [7, 11) is 0. The van der Waals surface area contributed by atoms with Gasteiger partial charge in [-0.3, -0.25) is 4.79 Å². The van der Waals surface area contributed by atoms with Crippen molar-refractivity contribution in [3.8, 4) is 16.3 Å². The van der Waals surface area contributed by atoms with Crippen LogP contribution >= 0.6 is 11.3 Å². The highest BCUT2D eigenvalue weighted by molar-refractivity contribution is 7.15. The SMILES string of the molecule is Cc1sc(-c2ccc(C(F)(F)F)cc2)nc1[C@H](C)COc1cccc(CC(=O)O)c1. The van der Waals surface area contributed by atoms with E-state index in [0.29, 0.717) is 28.5 Å². The monoisotopic (exact) mass is 435 g/mol. The van der Waals surface area contributed by atoms with Crippen molar-refractivity contribution in [1.29, 1.82) is 0 Å². The number of rotatable bonds is 7. The van der Waals surface area contributed by atoms with Crippen LogP contribution in [0.25, 0.3) is 10.6 Å². The highest BCUT2D eigenvalue weighted by Crippen LogP contribution is 2.34. The van der Waals surface area contributed by atoms with E-state index in [4.69, 9.17) is 9.84 Å². The molecule has 1 aromatic heterocycles. The minimum absolute atomic E-state index is 0.0485. The first-order valence-corrected chi connectivity index (χ1v) is 10.0. The van der Waals surface area contributed by atoms with Crippen molar-refractivity contribution in [3.05, 3.63) is 70.2 Å². The Balaban J connectivity index is 1.70. The number of aromatic nitrogens is 1. The first kappa shape index (κ1) is 21.8. The Morgan fingerprint density at radius 3 is 2.53 bits per heavy atom. The molecule has 1 heterocycles. The standard InChI is InChI=1S/C22H20F3NO3S/c1-13(12-29-18-5-3-4-15(10-18)11-19(27)28)20-14(2)30-21(26-20)16-6-8-17(9-7-16)22(23,24)25/h3-10,13H,11-12H2,1-2H3,(H,27,28)/t13-/m1/s1. The third-order valence-electron chi connectivity index (χ3n) is 4.51. The molecule has 0 radical (unpaired) electrons. The molecule has 158 valence electrons. The van der Waals surface area contributed by atoms with Crippen LogP contribution in [0.1, 0.15) is 34.5 Å². The highest BCUT2D eigenvalue weighted by Gasteiger charge is 2.30. The van der Waals surface area contributed by atoms with Crippen LogP contribution < -0.4 is 4.74 Å². The van der Waals surface area contributed by atoms with E-state index in [1.807, 2.05) is 13.8 Å². The number of carboxylic acids is 1. The molecule has 2 aromatic carbocycles. The van der Waals surface area contributed by atoms with Gasteiger partial charge in [-0.05, 0) is 36.8 Å². The summed E-state index contributed by atoms with van der Waals surface area (Å²) in [6.45, 7) is 4.22. The summed E-state index contributed by atoms with van der Waals surface area (Å²) in [6.07, 6.45) is -4.44. The molecule has 8 heteroatoms. The second-order valence-corrected chi connectivity index (χ2v) is 8.17. The van der Waals surface area contributed by atoms with Crippen molar-refractivity contribution in [2.45, 2.75) is 32.4 Å². The summed E-state index contributed by atoms with van der Waals surface area (Å²) in [6, 6.07) is 11.9. The Labute approximate surface area is 176 Å². The third-order valence-corrected chi connectivity index (χ3v) is 5.55. The molecule has 0 saturated heterocycles. The van der Waals surface area contributed by atoms with E-state index in [2.05, 4.69) is 4.98 Å². The lowest BCUT2D eigenvalue weighted by Crippen LogP contribution is -2.09. The number of alkyl halides is 3. The first-order chi connectivity index (χ1) is 14.1. The molecule has 1 N–H and O–H groups in total. The number of carbonyl (C=O) groups is 1. The average Bonchev–Trinajstić information content (AvgIpc) is 3.07. The number of aliphatic carboxylic acids is 1. The molecule has 4 nitrogen and oxygen atoms in total. The lowest BCUT2D eigenvalue weighted by molar-refractivity contribution is -0.138. The number of nitrogens with zero attached hydrogens (tertiary/aromatic N) is 1. The number of ether oxygens (including phenoxy) is 1. The molecule has 1 atom stereocenters. The van der Waals surface area contributed by atoms with Gasteiger partial charge in [0.15, 0.2) is 0 Å². The maximum atomic E-state index is 12.8. The van der Waals surface area contributed by atoms with Crippen LogP contribution in [0.2, 0.25) is 0 Å². The van der Waals surface area contributed by atoms with Crippen LogP contribution in [0, 0.1) is 6.92 Å². The molecule has 0 saturated carbocycles. The molecule has 0 fully saturated rings. The van der Waals surface area contributed by atoms with Gasteiger partial charge >= 0.3 is 12.1 Å². The normalized spacial score (nSPS) is 12.6. The van der Waals surface area contributed by atoms with Gasteiger partial charge < -0.3 is 9.84 Å². The molecule has 0 aliphatic heterocycles. The number of halogens is 3. The van der Waals surface area contributed by atoms with Crippen molar-refractivity contribution < 1.29 is 27.8 Å². The minimum atomic E-state index is -4.36. The summed E-state index contributed by atoms with van der Waals surface area (Å²) < 4.78 is 44.1. The molecular weight excluding hydrogens is 415 g/mol. The van der Waals surface area contributed by atoms with Gasteiger partial charge in [-0.2, -0.15) is 13.2 Å². The van der Waals surface area contributed by atoms with Gasteiger partial charge in [0.05, 0.1) is 24.3 Å². The Morgan fingerprint density at radius 2 is 1.90 bits per heavy atom. The van der Waals surface area contributed by atoms with E-state index < -0.39 is 17.7 Å². The molecule has 0 amide bonds. The quantitative estimate of drug-likeness (QED) is 0.498. The predicted octanol–water partition coefficient (Wildman–Crippen LogP) is 5.95. The minimum Gasteiger partial charge on any atom is -0.493 e. The lowest BCUT2D eigenvalue weighted by Gasteiger charge is -2.13. The fraction of sp³-hybridized carbons (Fsp3) is 0.273. The van der Waals surface area contributed by atoms with Crippen LogP contribution in [-0.4, -0.2) is 22.7 Å². The largest absolute Gasteiger partial charge is 0.493 e. The Bertz CT molecular complexity index is 1030.